The number of halogens is 1. The van der Waals surface area contributed by atoms with Gasteiger partial charge < -0.3 is 13.7 Å². The van der Waals surface area contributed by atoms with Crippen molar-refractivity contribution in [3.05, 3.63) is 51.7 Å². The molecular weight excluding hydrogens is 374 g/mol. The number of ether oxygens (including phenoxy) is 1. The first kappa shape index (κ1) is 16.8. The summed E-state index contributed by atoms with van der Waals surface area (Å²) in [7, 11) is 0. The summed E-state index contributed by atoms with van der Waals surface area (Å²) in [5.41, 5.74) is 2.66. The zero-order valence-electron chi connectivity index (χ0n) is 13.5. The van der Waals surface area contributed by atoms with Crippen LogP contribution in [0.4, 0.5) is 0 Å². The minimum absolute atomic E-state index is 0.183. The third-order valence-electron chi connectivity index (χ3n) is 4.02. The lowest BCUT2D eigenvalue weighted by molar-refractivity contribution is -0.136. The second-order valence-electron chi connectivity index (χ2n) is 5.89. The monoisotopic (exact) mass is 391 g/mol. The molecule has 6 heteroatoms. The SMILES string of the molecule is Cc1cc(C(=O)COC(=O)/C=C/c2ccc(Br)o2)c(C)n1C1CC1. The van der Waals surface area contributed by atoms with Crippen molar-refractivity contribution in [3.63, 3.8) is 0 Å². The van der Waals surface area contributed by atoms with Crippen LogP contribution < -0.4 is 0 Å². The maximum absolute atomic E-state index is 12.3. The Balaban J connectivity index is 1.58. The highest BCUT2D eigenvalue weighted by atomic mass is 79.9. The summed E-state index contributed by atoms with van der Waals surface area (Å²) in [5.74, 6) is -0.234. The van der Waals surface area contributed by atoms with Crippen molar-refractivity contribution < 1.29 is 18.7 Å². The maximum Gasteiger partial charge on any atom is 0.331 e. The molecule has 3 rings (SSSR count). The number of esters is 1. The highest BCUT2D eigenvalue weighted by Gasteiger charge is 2.28. The van der Waals surface area contributed by atoms with Crippen LogP contribution in [0.5, 0.6) is 0 Å². The van der Waals surface area contributed by atoms with E-state index in [1.54, 1.807) is 12.1 Å². The van der Waals surface area contributed by atoms with Gasteiger partial charge in [-0.25, -0.2) is 4.79 Å². The van der Waals surface area contributed by atoms with E-state index in [0.717, 1.165) is 24.2 Å². The van der Waals surface area contributed by atoms with E-state index in [4.69, 9.17) is 9.15 Å². The maximum atomic E-state index is 12.3. The number of furan rings is 1. The average Bonchev–Trinajstić information content (AvgIpc) is 3.21. The molecule has 126 valence electrons. The Morgan fingerprint density at radius 2 is 2.12 bits per heavy atom. The average molecular weight is 392 g/mol. The normalized spacial score (nSPS) is 14.3. The van der Waals surface area contributed by atoms with E-state index in [2.05, 4.69) is 20.5 Å². The predicted molar refractivity (Wildman–Crippen MR) is 92.9 cm³/mol. The standard InChI is InChI=1S/C18H18BrNO4/c1-11-9-15(12(2)20(11)13-3-4-13)16(21)10-23-18(22)8-6-14-5-7-17(19)24-14/h5-9,13H,3-4,10H2,1-2H3/b8-6+. The summed E-state index contributed by atoms with van der Waals surface area (Å²) in [4.78, 5) is 24.0. The van der Waals surface area contributed by atoms with Gasteiger partial charge in [0.15, 0.2) is 11.3 Å². The van der Waals surface area contributed by atoms with Crippen LogP contribution in [0.2, 0.25) is 0 Å². The van der Waals surface area contributed by atoms with Crippen LogP contribution in [0.3, 0.4) is 0 Å². The second-order valence-corrected chi connectivity index (χ2v) is 6.67. The molecule has 0 aliphatic heterocycles. The van der Waals surface area contributed by atoms with Gasteiger partial charge in [0.05, 0.1) is 0 Å². The van der Waals surface area contributed by atoms with Gasteiger partial charge in [0, 0.05) is 29.1 Å². The first-order chi connectivity index (χ1) is 11.5. The quantitative estimate of drug-likeness (QED) is 0.419. The third kappa shape index (κ3) is 3.70. The topological polar surface area (TPSA) is 61.4 Å². The molecule has 2 heterocycles. The number of hydrogen-bond donors (Lipinski definition) is 0. The fourth-order valence-electron chi connectivity index (χ4n) is 2.78. The van der Waals surface area contributed by atoms with E-state index in [0.29, 0.717) is 22.0 Å². The first-order valence-corrected chi connectivity index (χ1v) is 8.57. The summed E-state index contributed by atoms with van der Waals surface area (Å²) in [5, 5.41) is 0. The molecule has 0 radical (unpaired) electrons. The van der Waals surface area contributed by atoms with E-state index in [9.17, 15) is 9.59 Å². The van der Waals surface area contributed by atoms with Gasteiger partial charge in [0.2, 0.25) is 5.78 Å². The van der Waals surface area contributed by atoms with Crippen molar-refractivity contribution in [1.29, 1.82) is 0 Å². The fraction of sp³-hybridized carbons (Fsp3) is 0.333. The Hall–Kier alpha value is -2.08. The molecule has 1 fully saturated rings. The smallest absolute Gasteiger partial charge is 0.331 e. The molecule has 0 amide bonds. The Labute approximate surface area is 148 Å². The van der Waals surface area contributed by atoms with E-state index < -0.39 is 5.97 Å². The van der Waals surface area contributed by atoms with Crippen molar-refractivity contribution in [3.8, 4) is 0 Å². The van der Waals surface area contributed by atoms with E-state index >= 15 is 0 Å². The molecule has 5 nitrogen and oxygen atoms in total. The lowest BCUT2D eigenvalue weighted by Gasteiger charge is -2.07. The van der Waals surface area contributed by atoms with Gasteiger partial charge in [-0.15, -0.1) is 0 Å². The second kappa shape index (κ2) is 6.81. The van der Waals surface area contributed by atoms with Crippen molar-refractivity contribution in [2.24, 2.45) is 0 Å². The number of rotatable bonds is 6. The molecule has 1 aliphatic rings. The number of carbonyl (C=O) groups excluding carboxylic acids is 2. The lowest BCUT2D eigenvalue weighted by atomic mass is 10.1. The van der Waals surface area contributed by atoms with Gasteiger partial charge in [-0.05, 0) is 66.9 Å². The fourth-order valence-corrected chi connectivity index (χ4v) is 3.10. The molecule has 0 unspecified atom stereocenters. The van der Waals surface area contributed by atoms with Gasteiger partial charge in [-0.3, -0.25) is 4.79 Å². The first-order valence-electron chi connectivity index (χ1n) is 7.77. The Kier molecular flexibility index (Phi) is 4.76. The zero-order chi connectivity index (χ0) is 17.3. The van der Waals surface area contributed by atoms with Crippen molar-refractivity contribution in [1.82, 2.24) is 4.57 Å². The molecule has 0 N–H and O–H groups in total. The zero-order valence-corrected chi connectivity index (χ0v) is 15.1. The van der Waals surface area contributed by atoms with Crippen LogP contribution >= 0.6 is 15.9 Å². The van der Waals surface area contributed by atoms with Crippen molar-refractivity contribution in [2.75, 3.05) is 6.61 Å². The van der Waals surface area contributed by atoms with Gasteiger partial charge in [-0.1, -0.05) is 0 Å². The Morgan fingerprint density at radius 3 is 2.75 bits per heavy atom. The largest absolute Gasteiger partial charge is 0.454 e. The molecule has 2 aromatic rings. The molecular formula is C18H18BrNO4. The van der Waals surface area contributed by atoms with Crippen molar-refractivity contribution in [2.45, 2.75) is 32.7 Å². The summed E-state index contributed by atoms with van der Waals surface area (Å²) in [6.45, 7) is 3.67. The van der Waals surface area contributed by atoms with E-state index in [-0.39, 0.29) is 12.4 Å². The molecule has 1 aliphatic carbocycles. The highest BCUT2D eigenvalue weighted by Crippen LogP contribution is 2.38. The van der Waals surface area contributed by atoms with Crippen LogP contribution in [0.15, 0.2) is 33.4 Å². The molecule has 0 atom stereocenters. The number of hydrogen-bond acceptors (Lipinski definition) is 4. The minimum Gasteiger partial charge on any atom is -0.454 e. The summed E-state index contributed by atoms with van der Waals surface area (Å²) in [6.07, 6.45) is 5.06. The van der Waals surface area contributed by atoms with Crippen LogP contribution in [0.25, 0.3) is 6.08 Å². The Morgan fingerprint density at radius 1 is 1.38 bits per heavy atom. The van der Waals surface area contributed by atoms with Crippen LogP contribution in [-0.4, -0.2) is 22.9 Å². The lowest BCUT2D eigenvalue weighted by Crippen LogP contribution is -2.13. The molecule has 2 aromatic heterocycles. The molecule has 0 aromatic carbocycles. The number of carbonyl (C=O) groups is 2. The summed E-state index contributed by atoms with van der Waals surface area (Å²) >= 11 is 3.18. The van der Waals surface area contributed by atoms with Crippen molar-refractivity contribution >= 4 is 33.8 Å². The number of aryl methyl sites for hydroxylation is 1. The summed E-state index contributed by atoms with van der Waals surface area (Å²) < 4.78 is 13.0. The minimum atomic E-state index is -0.577. The van der Waals surface area contributed by atoms with E-state index in [1.807, 2.05) is 19.9 Å². The number of Topliss-reactive ketones (excluding diaryl/α,β-unsaturated/α-hetero) is 1. The van der Waals surface area contributed by atoms with Crippen LogP contribution in [-0.2, 0) is 9.53 Å². The number of ketones is 1. The van der Waals surface area contributed by atoms with Crippen LogP contribution in [0.1, 0.15) is 46.4 Å². The molecule has 0 saturated heterocycles. The van der Waals surface area contributed by atoms with Gasteiger partial charge in [0.25, 0.3) is 0 Å². The van der Waals surface area contributed by atoms with Gasteiger partial charge in [0.1, 0.15) is 5.76 Å². The van der Waals surface area contributed by atoms with Gasteiger partial charge in [-0.2, -0.15) is 0 Å². The van der Waals surface area contributed by atoms with Crippen LogP contribution in [0, 0.1) is 13.8 Å². The molecule has 0 bridgehead atoms. The Bertz CT molecular complexity index is 811. The van der Waals surface area contributed by atoms with E-state index in [1.165, 1.54) is 12.2 Å². The molecule has 24 heavy (non-hydrogen) atoms. The molecule has 0 spiro atoms. The highest BCUT2D eigenvalue weighted by molar-refractivity contribution is 9.10. The third-order valence-corrected chi connectivity index (χ3v) is 4.45. The number of aromatic nitrogens is 1. The molecule has 1 saturated carbocycles. The number of nitrogens with zero attached hydrogens (tertiary/aromatic N) is 1. The predicted octanol–water partition coefficient (Wildman–Crippen LogP) is 4.23. The van der Waals surface area contributed by atoms with Gasteiger partial charge >= 0.3 is 5.97 Å². The summed E-state index contributed by atoms with van der Waals surface area (Å²) in [6, 6.07) is 5.83.